The quantitative estimate of drug-likeness (QED) is 0.432. The number of hydrogen-bond donors (Lipinski definition) is 1. The topological polar surface area (TPSA) is 73.9 Å². The zero-order valence-electron chi connectivity index (χ0n) is 10.6. The van der Waals surface area contributed by atoms with Crippen molar-refractivity contribution in [2.75, 3.05) is 33.0 Å². The summed E-state index contributed by atoms with van der Waals surface area (Å²) in [5.41, 5.74) is -0.0212. The molecule has 1 aliphatic rings. The van der Waals surface area contributed by atoms with Crippen LogP contribution in [0.1, 0.15) is 20.8 Å². The Hall–Kier alpha value is -1.56. The van der Waals surface area contributed by atoms with Crippen molar-refractivity contribution in [3.8, 4) is 0 Å². The van der Waals surface area contributed by atoms with Gasteiger partial charge >= 0.3 is 12.1 Å². The maximum Gasteiger partial charge on any atom is 0.407 e. The van der Waals surface area contributed by atoms with E-state index in [-0.39, 0.29) is 26.0 Å². The van der Waals surface area contributed by atoms with Crippen LogP contribution in [0.4, 0.5) is 4.79 Å². The Balaban J connectivity index is 0.00000324. The number of hydrogen-bond acceptors (Lipinski definition) is 5. The lowest BCUT2D eigenvalue weighted by atomic mass is 9.84. The summed E-state index contributed by atoms with van der Waals surface area (Å²) in [6.07, 6.45) is 1.47. The molecule has 0 aliphatic carbocycles. The maximum atomic E-state index is 11.3. The first kappa shape index (κ1) is 17.4. The van der Waals surface area contributed by atoms with Crippen LogP contribution < -0.4 is 5.32 Å². The second-order valence-corrected chi connectivity index (χ2v) is 4.22. The van der Waals surface area contributed by atoms with Gasteiger partial charge in [0, 0.05) is 6.08 Å². The minimum absolute atomic E-state index is 0. The van der Waals surface area contributed by atoms with Gasteiger partial charge in [0.05, 0.1) is 25.2 Å². The van der Waals surface area contributed by atoms with Crippen LogP contribution in [-0.4, -0.2) is 45.0 Å². The molecule has 0 aromatic heterocycles. The van der Waals surface area contributed by atoms with Gasteiger partial charge in [0.25, 0.3) is 0 Å². The van der Waals surface area contributed by atoms with E-state index >= 15 is 0 Å². The molecular weight excluding hydrogens is 250 g/mol. The predicted molar refractivity (Wildman–Crippen MR) is 70.8 cm³/mol. The SMILES string of the molecule is C.C=CC(=O)OCCNC(=O)OCC1(CC)COC1. The summed E-state index contributed by atoms with van der Waals surface area (Å²) >= 11 is 0. The molecule has 1 heterocycles. The number of esters is 1. The average molecular weight is 273 g/mol. The number of amides is 1. The molecule has 0 unspecified atom stereocenters. The molecule has 1 rings (SSSR count). The molecule has 0 radical (unpaired) electrons. The fraction of sp³-hybridized carbons (Fsp3) is 0.692. The second-order valence-electron chi connectivity index (χ2n) is 4.22. The van der Waals surface area contributed by atoms with Gasteiger partial charge in [-0.15, -0.1) is 0 Å². The second kappa shape index (κ2) is 8.53. The van der Waals surface area contributed by atoms with Crippen LogP contribution in [0, 0.1) is 5.41 Å². The number of ether oxygens (including phenoxy) is 3. The molecular formula is C13H23NO5. The van der Waals surface area contributed by atoms with E-state index in [2.05, 4.69) is 11.9 Å². The molecule has 1 saturated heterocycles. The number of carbonyl (C=O) groups excluding carboxylic acids is 2. The Labute approximate surface area is 114 Å². The van der Waals surface area contributed by atoms with E-state index < -0.39 is 12.1 Å². The van der Waals surface area contributed by atoms with Crippen molar-refractivity contribution in [1.82, 2.24) is 5.32 Å². The van der Waals surface area contributed by atoms with Crippen LogP contribution in [0.15, 0.2) is 12.7 Å². The first-order chi connectivity index (χ1) is 8.62. The third kappa shape index (κ3) is 5.74. The number of rotatable bonds is 7. The van der Waals surface area contributed by atoms with Crippen molar-refractivity contribution < 1.29 is 23.8 Å². The molecule has 0 spiro atoms. The van der Waals surface area contributed by atoms with Crippen LogP contribution in [0.2, 0.25) is 0 Å². The first-order valence-electron chi connectivity index (χ1n) is 5.89. The van der Waals surface area contributed by atoms with Crippen molar-refractivity contribution in [2.45, 2.75) is 20.8 Å². The molecule has 0 saturated carbocycles. The van der Waals surface area contributed by atoms with Gasteiger partial charge in [0.2, 0.25) is 0 Å². The van der Waals surface area contributed by atoms with E-state index in [1.54, 1.807) is 0 Å². The van der Waals surface area contributed by atoms with E-state index in [1.165, 1.54) is 0 Å². The molecule has 0 aromatic carbocycles. The molecule has 1 aliphatic heterocycles. The summed E-state index contributed by atoms with van der Waals surface area (Å²) in [4.78, 5) is 22.0. The zero-order chi connectivity index (χ0) is 13.4. The highest BCUT2D eigenvalue weighted by molar-refractivity contribution is 5.81. The van der Waals surface area contributed by atoms with Gasteiger partial charge in [-0.2, -0.15) is 0 Å². The highest BCUT2D eigenvalue weighted by Gasteiger charge is 2.38. The first-order valence-corrected chi connectivity index (χ1v) is 5.89. The molecule has 19 heavy (non-hydrogen) atoms. The standard InChI is InChI=1S/C12H19NO5.CH4/c1-3-10(14)17-6-5-13-11(15)18-9-12(4-2)7-16-8-12;/h3H,1,4-9H2,2H3,(H,13,15);1H4. The maximum absolute atomic E-state index is 11.3. The third-order valence-corrected chi connectivity index (χ3v) is 2.86. The van der Waals surface area contributed by atoms with Crippen molar-refractivity contribution >= 4 is 12.1 Å². The number of carbonyl (C=O) groups is 2. The largest absolute Gasteiger partial charge is 0.461 e. The van der Waals surface area contributed by atoms with Gasteiger partial charge in [-0.1, -0.05) is 20.9 Å². The van der Waals surface area contributed by atoms with E-state index in [9.17, 15) is 9.59 Å². The molecule has 0 bridgehead atoms. The highest BCUT2D eigenvalue weighted by atomic mass is 16.6. The van der Waals surface area contributed by atoms with Crippen LogP contribution in [0.5, 0.6) is 0 Å². The molecule has 1 fully saturated rings. The molecule has 0 aromatic rings. The van der Waals surface area contributed by atoms with Crippen LogP contribution in [-0.2, 0) is 19.0 Å². The lowest BCUT2D eigenvalue weighted by Gasteiger charge is -2.39. The third-order valence-electron chi connectivity index (χ3n) is 2.86. The van der Waals surface area contributed by atoms with Gasteiger partial charge in [-0.05, 0) is 6.42 Å². The Morgan fingerprint density at radius 2 is 2.11 bits per heavy atom. The molecule has 6 heteroatoms. The molecule has 6 nitrogen and oxygen atoms in total. The van der Waals surface area contributed by atoms with Gasteiger partial charge in [0.15, 0.2) is 0 Å². The monoisotopic (exact) mass is 273 g/mol. The number of nitrogens with one attached hydrogen (secondary N) is 1. The fourth-order valence-corrected chi connectivity index (χ4v) is 1.41. The molecule has 0 atom stereocenters. The average Bonchev–Trinajstić information content (AvgIpc) is 2.33. The summed E-state index contributed by atoms with van der Waals surface area (Å²) in [6, 6.07) is 0. The lowest BCUT2D eigenvalue weighted by Crippen LogP contribution is -2.47. The van der Waals surface area contributed by atoms with Crippen molar-refractivity contribution in [2.24, 2.45) is 5.41 Å². The van der Waals surface area contributed by atoms with Crippen molar-refractivity contribution in [3.63, 3.8) is 0 Å². The molecule has 1 amide bonds. The smallest absolute Gasteiger partial charge is 0.407 e. The summed E-state index contributed by atoms with van der Waals surface area (Å²) in [7, 11) is 0. The van der Waals surface area contributed by atoms with Gasteiger partial charge in [-0.3, -0.25) is 0 Å². The van der Waals surface area contributed by atoms with Gasteiger partial charge in [-0.25, -0.2) is 9.59 Å². The van der Waals surface area contributed by atoms with Crippen LogP contribution >= 0.6 is 0 Å². The van der Waals surface area contributed by atoms with Gasteiger partial charge in [0.1, 0.15) is 13.2 Å². The van der Waals surface area contributed by atoms with E-state index in [1.807, 2.05) is 6.92 Å². The minimum atomic E-state index is -0.512. The van der Waals surface area contributed by atoms with Crippen molar-refractivity contribution in [1.29, 1.82) is 0 Å². The van der Waals surface area contributed by atoms with Crippen LogP contribution in [0.3, 0.4) is 0 Å². The van der Waals surface area contributed by atoms with E-state index in [0.717, 1.165) is 12.5 Å². The Bertz CT molecular complexity index is 307. The van der Waals surface area contributed by atoms with Gasteiger partial charge < -0.3 is 19.5 Å². The predicted octanol–water partition coefficient (Wildman–Crippen LogP) is 1.50. The Morgan fingerprint density at radius 3 is 2.58 bits per heavy atom. The molecule has 110 valence electrons. The molecule has 1 N–H and O–H groups in total. The van der Waals surface area contributed by atoms with Crippen molar-refractivity contribution in [3.05, 3.63) is 12.7 Å². The van der Waals surface area contributed by atoms with Crippen LogP contribution in [0.25, 0.3) is 0 Å². The minimum Gasteiger partial charge on any atom is -0.461 e. The normalized spacial score (nSPS) is 15.4. The van der Waals surface area contributed by atoms with E-state index in [4.69, 9.17) is 14.2 Å². The summed E-state index contributed by atoms with van der Waals surface area (Å²) < 4.78 is 14.9. The summed E-state index contributed by atoms with van der Waals surface area (Å²) in [6.45, 7) is 7.23. The lowest BCUT2D eigenvalue weighted by molar-refractivity contribution is -0.139. The Morgan fingerprint density at radius 1 is 1.42 bits per heavy atom. The highest BCUT2D eigenvalue weighted by Crippen LogP contribution is 2.31. The fourth-order valence-electron chi connectivity index (χ4n) is 1.41. The van der Waals surface area contributed by atoms with E-state index in [0.29, 0.717) is 19.8 Å². The number of alkyl carbamates (subject to hydrolysis) is 1. The summed E-state index contributed by atoms with van der Waals surface area (Å²) in [5, 5.41) is 2.49. The zero-order valence-corrected chi connectivity index (χ0v) is 10.6. The summed E-state index contributed by atoms with van der Waals surface area (Å²) in [5.74, 6) is -0.512. The Kier molecular flexibility index (Phi) is 7.83.